The largest absolute Gasteiger partial charge is 0.438 e. The maximum absolute atomic E-state index is 13.5. The summed E-state index contributed by atoms with van der Waals surface area (Å²) < 4.78 is 11.4. The van der Waals surface area contributed by atoms with Crippen molar-refractivity contribution < 1.29 is 23.9 Å². The molecule has 3 aromatic rings. The highest BCUT2D eigenvalue weighted by molar-refractivity contribution is 6.31. The molecule has 3 amide bonds. The summed E-state index contributed by atoms with van der Waals surface area (Å²) in [6, 6.07) is 20.6. The van der Waals surface area contributed by atoms with Gasteiger partial charge in [0.15, 0.2) is 12.1 Å². The van der Waals surface area contributed by atoms with Crippen LogP contribution in [0.1, 0.15) is 46.0 Å². The molecule has 9 heteroatoms. The fourth-order valence-corrected chi connectivity index (χ4v) is 5.00. The van der Waals surface area contributed by atoms with Crippen molar-refractivity contribution in [2.45, 2.75) is 44.6 Å². The van der Waals surface area contributed by atoms with Crippen LogP contribution in [0, 0.1) is 6.92 Å². The molecule has 2 fully saturated rings. The summed E-state index contributed by atoms with van der Waals surface area (Å²) in [6.07, 6.45) is 0.451. The Kier molecular flexibility index (Phi) is 8.14. The summed E-state index contributed by atoms with van der Waals surface area (Å²) >= 11 is 6.00. The Morgan fingerprint density at radius 1 is 1.05 bits per heavy atom. The Morgan fingerprint density at radius 2 is 1.82 bits per heavy atom. The number of amides is 3. The highest BCUT2D eigenvalue weighted by atomic mass is 35.5. The fourth-order valence-electron chi connectivity index (χ4n) is 4.81. The van der Waals surface area contributed by atoms with Crippen molar-refractivity contribution in [1.82, 2.24) is 10.2 Å². The van der Waals surface area contributed by atoms with Crippen LogP contribution in [-0.2, 0) is 20.8 Å². The molecule has 0 aliphatic carbocycles. The first-order chi connectivity index (χ1) is 18.9. The molecule has 2 N–H and O–H groups in total. The van der Waals surface area contributed by atoms with Gasteiger partial charge in [-0.15, -0.1) is 0 Å². The van der Waals surface area contributed by atoms with Crippen LogP contribution in [0.15, 0.2) is 72.8 Å². The van der Waals surface area contributed by atoms with E-state index in [0.29, 0.717) is 35.0 Å². The molecule has 8 nitrogen and oxygen atoms in total. The molecule has 0 radical (unpaired) electrons. The van der Waals surface area contributed by atoms with Crippen LogP contribution in [0.4, 0.5) is 10.5 Å². The van der Waals surface area contributed by atoms with E-state index in [-0.39, 0.29) is 24.5 Å². The average Bonchev–Trinajstić information content (AvgIpc) is 3.57. The van der Waals surface area contributed by atoms with E-state index in [1.165, 1.54) is 4.90 Å². The second-order valence-electron chi connectivity index (χ2n) is 9.83. The van der Waals surface area contributed by atoms with Crippen molar-refractivity contribution in [1.29, 1.82) is 0 Å². The number of nitrogens with one attached hydrogen (secondary N) is 2. The van der Waals surface area contributed by atoms with Gasteiger partial charge in [0.05, 0.1) is 12.6 Å². The predicted molar refractivity (Wildman–Crippen MR) is 148 cm³/mol. The molecule has 0 bridgehead atoms. The van der Waals surface area contributed by atoms with E-state index in [1.807, 2.05) is 31.2 Å². The Bertz CT molecular complexity index is 1340. The molecule has 5 rings (SSSR count). The number of benzene rings is 3. The molecule has 3 aromatic carbocycles. The number of carbonyl (C=O) groups excluding carboxylic acids is 3. The quantitative estimate of drug-likeness (QED) is 0.401. The highest BCUT2D eigenvalue weighted by Crippen LogP contribution is 2.34. The summed E-state index contributed by atoms with van der Waals surface area (Å²) in [4.78, 5) is 40.6. The lowest BCUT2D eigenvalue weighted by Crippen LogP contribution is -2.47. The van der Waals surface area contributed by atoms with Gasteiger partial charge in [-0.2, -0.15) is 0 Å². The zero-order valence-corrected chi connectivity index (χ0v) is 22.3. The maximum atomic E-state index is 13.5. The van der Waals surface area contributed by atoms with Gasteiger partial charge in [0, 0.05) is 29.4 Å². The smallest absolute Gasteiger partial charge is 0.411 e. The van der Waals surface area contributed by atoms with Gasteiger partial charge in [-0.1, -0.05) is 59.6 Å². The second-order valence-corrected chi connectivity index (χ2v) is 10.3. The van der Waals surface area contributed by atoms with Crippen LogP contribution < -0.4 is 10.6 Å². The first-order valence-corrected chi connectivity index (χ1v) is 13.3. The molecule has 3 atom stereocenters. The summed E-state index contributed by atoms with van der Waals surface area (Å²) in [5.41, 5.74) is 3.64. The summed E-state index contributed by atoms with van der Waals surface area (Å²) in [5.74, 6) is -0.597. The van der Waals surface area contributed by atoms with Gasteiger partial charge in [0.2, 0.25) is 5.91 Å². The van der Waals surface area contributed by atoms with Gasteiger partial charge >= 0.3 is 6.09 Å². The number of nitrogens with zero attached hydrogens (tertiary/aromatic N) is 1. The van der Waals surface area contributed by atoms with Gasteiger partial charge < -0.3 is 20.1 Å². The average molecular weight is 548 g/mol. The lowest BCUT2D eigenvalue weighted by atomic mass is 10.00. The van der Waals surface area contributed by atoms with Gasteiger partial charge in [0.1, 0.15) is 0 Å². The standard InChI is InChI=1S/C30H30ClN3O5/c1-19-7-9-20(10-8-19)18-34-26(29(36)32-17-25-6-3-15-38-25)27(39-30(34)37)21-11-13-24(14-12-21)33-28(35)22-4-2-5-23(31)16-22/h2,4-5,7-14,16,25-27H,3,6,15,17-18H2,1H3,(H,32,36)(H,33,35). The van der Waals surface area contributed by atoms with Crippen molar-refractivity contribution >= 4 is 35.2 Å². The third-order valence-electron chi connectivity index (χ3n) is 6.94. The Hall–Kier alpha value is -3.88. The SMILES string of the molecule is Cc1ccc(CN2C(=O)OC(c3ccc(NC(=O)c4cccc(Cl)c4)cc3)C2C(=O)NCC2CCCO2)cc1. The molecule has 3 unspecified atom stereocenters. The number of anilines is 1. The molecule has 2 aliphatic heterocycles. The predicted octanol–water partition coefficient (Wildman–Crippen LogP) is 5.26. The summed E-state index contributed by atoms with van der Waals surface area (Å²) in [5, 5.41) is 6.27. The maximum Gasteiger partial charge on any atom is 0.411 e. The van der Waals surface area contributed by atoms with Crippen LogP contribution in [0.2, 0.25) is 5.02 Å². The second kappa shape index (κ2) is 11.9. The molecule has 2 saturated heterocycles. The lowest BCUT2D eigenvalue weighted by Gasteiger charge is -2.25. The Balaban J connectivity index is 1.34. The van der Waals surface area contributed by atoms with Crippen molar-refractivity contribution in [3.63, 3.8) is 0 Å². The van der Waals surface area contributed by atoms with E-state index in [1.54, 1.807) is 48.5 Å². The van der Waals surface area contributed by atoms with Gasteiger partial charge in [-0.25, -0.2) is 4.79 Å². The first-order valence-electron chi connectivity index (χ1n) is 13.0. The molecular formula is C30H30ClN3O5. The number of cyclic esters (lactones) is 1. The first kappa shape index (κ1) is 26.7. The van der Waals surface area contributed by atoms with Gasteiger partial charge in [0.25, 0.3) is 5.91 Å². The minimum atomic E-state index is -0.868. The number of rotatable bonds is 8. The third kappa shape index (κ3) is 6.41. The summed E-state index contributed by atoms with van der Waals surface area (Å²) in [6.45, 7) is 3.30. The number of carbonyl (C=O) groups is 3. The Morgan fingerprint density at radius 3 is 2.51 bits per heavy atom. The normalized spacial score (nSPS) is 20.5. The Labute approximate surface area is 232 Å². The molecule has 2 heterocycles. The summed E-state index contributed by atoms with van der Waals surface area (Å²) in [7, 11) is 0. The van der Waals surface area contributed by atoms with E-state index in [0.717, 1.165) is 24.0 Å². The zero-order valence-electron chi connectivity index (χ0n) is 21.6. The molecule has 39 heavy (non-hydrogen) atoms. The molecule has 0 spiro atoms. The van der Waals surface area contributed by atoms with Crippen LogP contribution in [0.3, 0.4) is 0 Å². The number of ether oxygens (including phenoxy) is 2. The van der Waals surface area contributed by atoms with Crippen LogP contribution in [-0.4, -0.2) is 48.1 Å². The van der Waals surface area contributed by atoms with E-state index in [9.17, 15) is 14.4 Å². The van der Waals surface area contributed by atoms with E-state index in [2.05, 4.69) is 10.6 Å². The van der Waals surface area contributed by atoms with E-state index in [4.69, 9.17) is 21.1 Å². The fraction of sp³-hybridized carbons (Fsp3) is 0.300. The van der Waals surface area contributed by atoms with Crippen molar-refractivity contribution in [3.8, 4) is 0 Å². The monoisotopic (exact) mass is 547 g/mol. The highest BCUT2D eigenvalue weighted by Gasteiger charge is 2.47. The minimum absolute atomic E-state index is 0.0293. The van der Waals surface area contributed by atoms with Crippen LogP contribution in [0.25, 0.3) is 0 Å². The van der Waals surface area contributed by atoms with Crippen molar-refractivity contribution in [3.05, 3.63) is 100 Å². The minimum Gasteiger partial charge on any atom is -0.438 e. The van der Waals surface area contributed by atoms with Gasteiger partial charge in [-0.3, -0.25) is 14.5 Å². The van der Waals surface area contributed by atoms with E-state index >= 15 is 0 Å². The molecule has 202 valence electrons. The third-order valence-corrected chi connectivity index (χ3v) is 7.17. The van der Waals surface area contributed by atoms with E-state index < -0.39 is 18.2 Å². The number of hydrogen-bond acceptors (Lipinski definition) is 5. The van der Waals surface area contributed by atoms with Crippen molar-refractivity contribution in [2.24, 2.45) is 0 Å². The lowest BCUT2D eigenvalue weighted by molar-refractivity contribution is -0.126. The number of halogens is 1. The molecule has 0 saturated carbocycles. The molecular weight excluding hydrogens is 518 g/mol. The number of aryl methyl sites for hydroxylation is 1. The van der Waals surface area contributed by atoms with Crippen LogP contribution in [0.5, 0.6) is 0 Å². The van der Waals surface area contributed by atoms with Crippen molar-refractivity contribution in [2.75, 3.05) is 18.5 Å². The molecule has 2 aliphatic rings. The van der Waals surface area contributed by atoms with Gasteiger partial charge in [-0.05, 0) is 61.2 Å². The number of hydrogen-bond donors (Lipinski definition) is 2. The zero-order chi connectivity index (χ0) is 27.4. The molecule has 0 aromatic heterocycles. The topological polar surface area (TPSA) is 97.0 Å². The van der Waals surface area contributed by atoms with Crippen LogP contribution >= 0.6 is 11.6 Å².